The van der Waals surface area contributed by atoms with Crippen LogP contribution in [0.1, 0.15) is 18.1 Å². The summed E-state index contributed by atoms with van der Waals surface area (Å²) in [5.41, 5.74) is 0.877. The Morgan fingerprint density at radius 2 is 2.21 bits per heavy atom. The molecule has 0 bridgehead atoms. The molecule has 1 aliphatic heterocycles. The lowest BCUT2D eigenvalue weighted by Crippen LogP contribution is -2.11. The number of nitrogens with zero attached hydrogens (tertiary/aromatic N) is 5. The van der Waals surface area contributed by atoms with Crippen LogP contribution in [0.25, 0.3) is 11.4 Å². The van der Waals surface area contributed by atoms with Crippen LogP contribution in [0.2, 0.25) is 0 Å². The third-order valence-electron chi connectivity index (χ3n) is 4.60. The largest absolute Gasteiger partial charge is 0.338 e. The zero-order valence-electron chi connectivity index (χ0n) is 15.1. The molecule has 0 saturated carbocycles. The molecule has 1 aliphatic rings. The van der Waals surface area contributed by atoms with Crippen molar-refractivity contribution in [3.8, 4) is 11.4 Å². The molecule has 0 amide bonds. The molecule has 1 atom stereocenters. The van der Waals surface area contributed by atoms with Gasteiger partial charge < -0.3 is 9.09 Å². The molecule has 0 spiro atoms. The molecule has 0 radical (unpaired) electrons. The number of halogens is 1. The van der Waals surface area contributed by atoms with E-state index in [9.17, 15) is 8.42 Å². The van der Waals surface area contributed by atoms with Gasteiger partial charge in [0.25, 0.3) is 0 Å². The fourth-order valence-corrected chi connectivity index (χ4v) is 6.15. The molecule has 1 unspecified atom stereocenters. The maximum absolute atomic E-state index is 11.6. The highest BCUT2D eigenvalue weighted by atomic mass is 79.9. The van der Waals surface area contributed by atoms with E-state index in [4.69, 9.17) is 4.52 Å². The summed E-state index contributed by atoms with van der Waals surface area (Å²) in [5.74, 6) is 2.95. The van der Waals surface area contributed by atoms with Crippen molar-refractivity contribution < 1.29 is 12.9 Å². The van der Waals surface area contributed by atoms with Crippen LogP contribution in [0.4, 0.5) is 0 Å². The molecule has 1 aromatic carbocycles. The van der Waals surface area contributed by atoms with Gasteiger partial charge in [0.2, 0.25) is 11.7 Å². The van der Waals surface area contributed by atoms with Crippen molar-refractivity contribution in [2.45, 2.75) is 23.8 Å². The average molecular weight is 484 g/mol. The normalized spacial score (nSPS) is 18.6. The van der Waals surface area contributed by atoms with Crippen LogP contribution >= 0.6 is 27.7 Å². The van der Waals surface area contributed by atoms with Gasteiger partial charge in [-0.1, -0.05) is 45.0 Å². The molecule has 2 aromatic heterocycles. The standard InChI is InChI=1S/C17H18BrN5O3S2/c1-23-14(7-11-5-6-28(24,25)10-11)20-21-17(23)27-9-15-19-16(22-26-15)12-3-2-4-13(18)8-12/h2-4,8,11H,5-7,9-10H2,1H3. The van der Waals surface area contributed by atoms with Crippen LogP contribution in [-0.4, -0.2) is 44.8 Å². The number of aromatic nitrogens is 5. The maximum Gasteiger partial charge on any atom is 0.237 e. The van der Waals surface area contributed by atoms with E-state index in [0.717, 1.165) is 21.0 Å². The Bertz CT molecular complexity index is 1100. The minimum absolute atomic E-state index is 0.120. The van der Waals surface area contributed by atoms with Crippen LogP contribution in [0.15, 0.2) is 38.4 Å². The summed E-state index contributed by atoms with van der Waals surface area (Å²) in [7, 11) is -0.994. The first-order valence-corrected chi connectivity index (χ1v) is 12.3. The van der Waals surface area contributed by atoms with Crippen molar-refractivity contribution in [1.82, 2.24) is 24.9 Å². The number of hydrogen-bond acceptors (Lipinski definition) is 8. The summed E-state index contributed by atoms with van der Waals surface area (Å²) in [6.07, 6.45) is 1.31. The van der Waals surface area contributed by atoms with E-state index in [0.29, 0.717) is 30.3 Å². The molecule has 8 nitrogen and oxygen atoms in total. The third kappa shape index (κ3) is 4.47. The Morgan fingerprint density at radius 1 is 1.36 bits per heavy atom. The second kappa shape index (κ2) is 7.96. The topological polar surface area (TPSA) is 104 Å². The van der Waals surface area contributed by atoms with Gasteiger partial charge in [0.1, 0.15) is 5.82 Å². The van der Waals surface area contributed by atoms with Crippen molar-refractivity contribution in [2.75, 3.05) is 11.5 Å². The molecular weight excluding hydrogens is 466 g/mol. The van der Waals surface area contributed by atoms with E-state index in [-0.39, 0.29) is 17.4 Å². The van der Waals surface area contributed by atoms with Crippen LogP contribution in [-0.2, 0) is 29.1 Å². The molecule has 28 heavy (non-hydrogen) atoms. The number of thioether (sulfide) groups is 1. The number of hydrogen-bond donors (Lipinski definition) is 0. The Balaban J connectivity index is 1.39. The van der Waals surface area contributed by atoms with Gasteiger partial charge in [0.15, 0.2) is 15.0 Å². The first kappa shape index (κ1) is 19.6. The first-order chi connectivity index (χ1) is 13.4. The third-order valence-corrected chi connectivity index (χ3v) is 7.93. The van der Waals surface area contributed by atoms with Crippen molar-refractivity contribution in [2.24, 2.45) is 13.0 Å². The van der Waals surface area contributed by atoms with Gasteiger partial charge in [-0.3, -0.25) is 0 Å². The van der Waals surface area contributed by atoms with Gasteiger partial charge in [0, 0.05) is 23.5 Å². The highest BCUT2D eigenvalue weighted by molar-refractivity contribution is 9.10. The van der Waals surface area contributed by atoms with Crippen LogP contribution in [0.3, 0.4) is 0 Å². The van der Waals surface area contributed by atoms with E-state index < -0.39 is 9.84 Å². The van der Waals surface area contributed by atoms with E-state index in [1.165, 1.54) is 11.8 Å². The van der Waals surface area contributed by atoms with Crippen molar-refractivity contribution in [1.29, 1.82) is 0 Å². The molecule has 148 valence electrons. The number of benzene rings is 1. The lowest BCUT2D eigenvalue weighted by molar-refractivity contribution is 0.391. The van der Waals surface area contributed by atoms with Crippen LogP contribution in [0.5, 0.6) is 0 Å². The molecule has 0 N–H and O–H groups in total. The van der Waals surface area contributed by atoms with E-state index in [2.05, 4.69) is 36.3 Å². The summed E-state index contributed by atoms with van der Waals surface area (Å²) in [6.45, 7) is 0. The summed E-state index contributed by atoms with van der Waals surface area (Å²) < 4.78 is 31.5. The first-order valence-electron chi connectivity index (χ1n) is 8.69. The smallest absolute Gasteiger partial charge is 0.237 e. The lowest BCUT2D eigenvalue weighted by Gasteiger charge is -2.07. The van der Waals surface area contributed by atoms with E-state index in [1.807, 2.05) is 35.9 Å². The predicted molar refractivity (Wildman–Crippen MR) is 108 cm³/mol. The summed E-state index contributed by atoms with van der Waals surface area (Å²) >= 11 is 4.89. The average Bonchev–Trinajstić information content (AvgIpc) is 3.34. The second-order valence-corrected chi connectivity index (χ2v) is 10.8. The van der Waals surface area contributed by atoms with Crippen molar-refractivity contribution in [3.05, 3.63) is 40.5 Å². The molecule has 1 fully saturated rings. The lowest BCUT2D eigenvalue weighted by atomic mass is 10.1. The number of rotatable bonds is 6. The van der Waals surface area contributed by atoms with Gasteiger partial charge in [-0.2, -0.15) is 4.98 Å². The van der Waals surface area contributed by atoms with Gasteiger partial charge in [0.05, 0.1) is 17.3 Å². The molecule has 0 aliphatic carbocycles. The Kier molecular flexibility index (Phi) is 5.57. The minimum Gasteiger partial charge on any atom is -0.338 e. The summed E-state index contributed by atoms with van der Waals surface area (Å²) in [5, 5.41) is 13.2. The highest BCUT2D eigenvalue weighted by Crippen LogP contribution is 2.26. The SMILES string of the molecule is Cn1c(CC2CCS(=O)(=O)C2)nnc1SCc1nc(-c2cccc(Br)c2)no1. The number of sulfone groups is 1. The van der Waals surface area contributed by atoms with Gasteiger partial charge in [-0.05, 0) is 24.5 Å². The van der Waals surface area contributed by atoms with Crippen molar-refractivity contribution in [3.63, 3.8) is 0 Å². The van der Waals surface area contributed by atoms with E-state index in [1.54, 1.807) is 0 Å². The molecule has 3 heterocycles. The minimum atomic E-state index is -2.88. The Labute approximate surface area is 175 Å². The molecule has 11 heteroatoms. The van der Waals surface area contributed by atoms with Gasteiger partial charge in [-0.15, -0.1) is 10.2 Å². The van der Waals surface area contributed by atoms with Crippen LogP contribution in [0, 0.1) is 5.92 Å². The quantitative estimate of drug-likeness (QED) is 0.492. The zero-order valence-corrected chi connectivity index (χ0v) is 18.3. The summed E-state index contributed by atoms with van der Waals surface area (Å²) in [4.78, 5) is 4.43. The molecule has 3 aromatic rings. The van der Waals surface area contributed by atoms with Crippen molar-refractivity contribution >= 4 is 37.5 Å². The molecule has 4 rings (SSSR count). The van der Waals surface area contributed by atoms with Crippen LogP contribution < -0.4 is 0 Å². The maximum atomic E-state index is 11.6. The molecule has 1 saturated heterocycles. The molecular formula is C17H18BrN5O3S2. The highest BCUT2D eigenvalue weighted by Gasteiger charge is 2.29. The summed E-state index contributed by atoms with van der Waals surface area (Å²) in [6, 6.07) is 7.71. The Morgan fingerprint density at radius 3 is 2.96 bits per heavy atom. The Hall–Kier alpha value is -1.72. The monoisotopic (exact) mass is 483 g/mol. The fourth-order valence-electron chi connectivity index (χ4n) is 3.12. The van der Waals surface area contributed by atoms with E-state index >= 15 is 0 Å². The second-order valence-electron chi connectivity index (χ2n) is 6.74. The predicted octanol–water partition coefficient (Wildman–Crippen LogP) is 2.90. The zero-order chi connectivity index (χ0) is 19.7. The fraction of sp³-hybridized carbons (Fsp3) is 0.412. The van der Waals surface area contributed by atoms with Gasteiger partial charge >= 0.3 is 0 Å². The van der Waals surface area contributed by atoms with Gasteiger partial charge in [-0.25, -0.2) is 8.42 Å².